The van der Waals surface area contributed by atoms with Gasteiger partial charge in [0.05, 0.1) is 17.3 Å². The molecular formula is C23H24BrN3O2S. The first-order chi connectivity index (χ1) is 14.6. The van der Waals surface area contributed by atoms with Crippen LogP contribution in [0.15, 0.2) is 64.2 Å². The standard InChI is InChI=1S/C23H24BrN3O2S/c1-3-25-23(30)27-26-14-17-12-20(24)22(21(13-17)28-4-2)29-15-16-9-10-18-7-5-6-8-19(18)11-16/h5-14H,3-4,15H2,1-2H3,(H2,25,27,30)/b26-14-. The summed E-state index contributed by atoms with van der Waals surface area (Å²) in [5.74, 6) is 1.32. The van der Waals surface area contributed by atoms with E-state index < -0.39 is 0 Å². The first-order valence-corrected chi connectivity index (χ1v) is 10.9. The number of ether oxygens (including phenoxy) is 2. The second kappa shape index (κ2) is 10.9. The van der Waals surface area contributed by atoms with Gasteiger partial charge in [0, 0.05) is 6.54 Å². The first-order valence-electron chi connectivity index (χ1n) is 9.74. The minimum absolute atomic E-state index is 0.440. The van der Waals surface area contributed by atoms with Gasteiger partial charge in [-0.15, -0.1) is 0 Å². The summed E-state index contributed by atoms with van der Waals surface area (Å²) in [6.07, 6.45) is 1.68. The van der Waals surface area contributed by atoms with Gasteiger partial charge in [-0.2, -0.15) is 5.10 Å². The molecule has 0 aromatic heterocycles. The molecule has 3 aromatic carbocycles. The summed E-state index contributed by atoms with van der Waals surface area (Å²) in [5, 5.41) is 10.0. The van der Waals surface area contributed by atoms with Crippen LogP contribution in [0.4, 0.5) is 0 Å². The van der Waals surface area contributed by atoms with Crippen LogP contribution in [0.25, 0.3) is 10.8 Å². The number of benzene rings is 3. The molecule has 0 saturated carbocycles. The van der Waals surface area contributed by atoms with Crippen LogP contribution in [0.1, 0.15) is 25.0 Å². The average molecular weight is 486 g/mol. The molecule has 0 amide bonds. The smallest absolute Gasteiger partial charge is 0.186 e. The van der Waals surface area contributed by atoms with Gasteiger partial charge in [-0.3, -0.25) is 5.43 Å². The molecule has 2 N–H and O–H groups in total. The van der Waals surface area contributed by atoms with Crippen LogP contribution in [0.2, 0.25) is 0 Å². The Kier molecular flexibility index (Phi) is 8.04. The summed E-state index contributed by atoms with van der Waals surface area (Å²) < 4.78 is 12.7. The Morgan fingerprint density at radius 1 is 1.07 bits per heavy atom. The van der Waals surface area contributed by atoms with Gasteiger partial charge in [-0.1, -0.05) is 36.4 Å². The van der Waals surface area contributed by atoms with E-state index in [1.54, 1.807) is 6.21 Å². The predicted molar refractivity (Wildman–Crippen MR) is 131 cm³/mol. The molecule has 5 nitrogen and oxygen atoms in total. The van der Waals surface area contributed by atoms with Gasteiger partial charge in [-0.05, 0) is 82.1 Å². The summed E-state index contributed by atoms with van der Waals surface area (Å²) in [7, 11) is 0. The Balaban J connectivity index is 1.75. The summed E-state index contributed by atoms with van der Waals surface area (Å²) in [4.78, 5) is 0. The highest BCUT2D eigenvalue weighted by Gasteiger charge is 2.12. The largest absolute Gasteiger partial charge is 0.490 e. The van der Waals surface area contributed by atoms with E-state index in [2.05, 4.69) is 62.1 Å². The molecule has 7 heteroatoms. The molecule has 156 valence electrons. The highest BCUT2D eigenvalue weighted by atomic mass is 79.9. The molecule has 30 heavy (non-hydrogen) atoms. The van der Waals surface area contributed by atoms with Gasteiger partial charge in [0.2, 0.25) is 0 Å². The van der Waals surface area contributed by atoms with Crippen molar-refractivity contribution >= 4 is 50.2 Å². The number of nitrogens with one attached hydrogen (secondary N) is 2. The summed E-state index contributed by atoms with van der Waals surface area (Å²) in [5.41, 5.74) is 4.73. The maximum Gasteiger partial charge on any atom is 0.186 e. The zero-order chi connectivity index (χ0) is 21.3. The summed E-state index contributed by atoms with van der Waals surface area (Å²) in [6, 6.07) is 18.4. The third-order valence-electron chi connectivity index (χ3n) is 4.25. The van der Waals surface area contributed by atoms with Crippen molar-refractivity contribution in [2.24, 2.45) is 5.10 Å². The van der Waals surface area contributed by atoms with Crippen molar-refractivity contribution in [2.75, 3.05) is 13.2 Å². The van der Waals surface area contributed by atoms with Crippen molar-refractivity contribution in [2.45, 2.75) is 20.5 Å². The van der Waals surface area contributed by atoms with Crippen LogP contribution in [-0.4, -0.2) is 24.5 Å². The number of thiocarbonyl (C=S) groups is 1. The van der Waals surface area contributed by atoms with Crippen LogP contribution in [-0.2, 0) is 6.61 Å². The molecule has 0 saturated heterocycles. The molecule has 0 spiro atoms. The van der Waals surface area contributed by atoms with E-state index in [-0.39, 0.29) is 0 Å². The molecule has 0 radical (unpaired) electrons. The second-order valence-electron chi connectivity index (χ2n) is 6.46. The normalized spacial score (nSPS) is 10.9. The topological polar surface area (TPSA) is 54.9 Å². The van der Waals surface area contributed by atoms with E-state index in [1.165, 1.54) is 10.8 Å². The third kappa shape index (κ3) is 5.93. The lowest BCUT2D eigenvalue weighted by molar-refractivity contribution is 0.267. The Morgan fingerprint density at radius 2 is 1.87 bits per heavy atom. The fourth-order valence-electron chi connectivity index (χ4n) is 2.92. The number of hydrogen-bond acceptors (Lipinski definition) is 4. The number of hydrazone groups is 1. The molecule has 0 atom stereocenters. The predicted octanol–water partition coefficient (Wildman–Crippen LogP) is 5.40. The van der Waals surface area contributed by atoms with Gasteiger partial charge in [0.15, 0.2) is 16.6 Å². The van der Waals surface area contributed by atoms with Gasteiger partial charge in [-0.25, -0.2) is 0 Å². The minimum atomic E-state index is 0.440. The van der Waals surface area contributed by atoms with Crippen LogP contribution in [0.5, 0.6) is 11.5 Å². The average Bonchev–Trinajstić information content (AvgIpc) is 2.73. The molecule has 0 aliphatic rings. The lowest BCUT2D eigenvalue weighted by Crippen LogP contribution is -2.31. The Hall–Kier alpha value is -2.64. The first kappa shape index (κ1) is 22.1. The van der Waals surface area contributed by atoms with Gasteiger partial charge < -0.3 is 14.8 Å². The maximum absolute atomic E-state index is 6.12. The van der Waals surface area contributed by atoms with Crippen LogP contribution in [0, 0.1) is 0 Å². The molecule has 3 rings (SSSR count). The SMILES string of the molecule is CCNC(=S)N/N=C\c1cc(Br)c(OCc2ccc3ccccc3c2)c(OCC)c1. The molecule has 0 aliphatic carbocycles. The fraction of sp³-hybridized carbons (Fsp3) is 0.217. The van der Waals surface area contributed by atoms with Crippen molar-refractivity contribution < 1.29 is 9.47 Å². The highest BCUT2D eigenvalue weighted by molar-refractivity contribution is 9.10. The third-order valence-corrected chi connectivity index (χ3v) is 5.07. The number of halogens is 1. The molecule has 0 heterocycles. The quantitative estimate of drug-likeness (QED) is 0.254. The van der Waals surface area contributed by atoms with Crippen molar-refractivity contribution in [1.29, 1.82) is 0 Å². The van der Waals surface area contributed by atoms with Crippen LogP contribution >= 0.6 is 28.1 Å². The lowest BCUT2D eigenvalue weighted by atomic mass is 10.1. The highest BCUT2D eigenvalue weighted by Crippen LogP contribution is 2.37. The Labute approximate surface area is 190 Å². The van der Waals surface area contributed by atoms with Gasteiger partial charge in [0.1, 0.15) is 6.61 Å². The number of nitrogens with zero attached hydrogens (tertiary/aromatic N) is 1. The molecule has 0 unspecified atom stereocenters. The van der Waals surface area contributed by atoms with E-state index in [0.717, 1.165) is 22.1 Å². The monoisotopic (exact) mass is 485 g/mol. The molecule has 3 aromatic rings. The molecule has 0 aliphatic heterocycles. The van der Waals surface area contributed by atoms with Crippen molar-refractivity contribution in [1.82, 2.24) is 10.7 Å². The molecular weight excluding hydrogens is 462 g/mol. The number of rotatable bonds is 8. The zero-order valence-corrected chi connectivity index (χ0v) is 19.3. The minimum Gasteiger partial charge on any atom is -0.490 e. The van der Waals surface area contributed by atoms with E-state index in [0.29, 0.717) is 29.8 Å². The number of fused-ring (bicyclic) bond motifs is 1. The summed E-state index contributed by atoms with van der Waals surface area (Å²) >= 11 is 8.70. The van der Waals surface area contributed by atoms with Crippen molar-refractivity contribution in [3.63, 3.8) is 0 Å². The van der Waals surface area contributed by atoms with E-state index >= 15 is 0 Å². The van der Waals surface area contributed by atoms with Crippen molar-refractivity contribution in [3.05, 3.63) is 70.2 Å². The van der Waals surface area contributed by atoms with Crippen molar-refractivity contribution in [3.8, 4) is 11.5 Å². The van der Waals surface area contributed by atoms with Gasteiger partial charge >= 0.3 is 0 Å². The van der Waals surface area contributed by atoms with E-state index in [4.69, 9.17) is 21.7 Å². The van der Waals surface area contributed by atoms with Crippen LogP contribution in [0.3, 0.4) is 0 Å². The van der Waals surface area contributed by atoms with E-state index in [1.807, 2.05) is 38.1 Å². The zero-order valence-electron chi connectivity index (χ0n) is 16.9. The van der Waals surface area contributed by atoms with Gasteiger partial charge in [0.25, 0.3) is 0 Å². The second-order valence-corrected chi connectivity index (χ2v) is 7.73. The Bertz CT molecular complexity index is 1060. The fourth-order valence-corrected chi connectivity index (χ4v) is 3.69. The molecule has 0 bridgehead atoms. The Morgan fingerprint density at radius 3 is 2.63 bits per heavy atom. The van der Waals surface area contributed by atoms with Crippen LogP contribution < -0.4 is 20.2 Å². The molecule has 0 fully saturated rings. The lowest BCUT2D eigenvalue weighted by Gasteiger charge is -2.15. The maximum atomic E-state index is 6.12. The van der Waals surface area contributed by atoms with E-state index in [9.17, 15) is 0 Å². The number of hydrogen-bond donors (Lipinski definition) is 2. The summed E-state index contributed by atoms with van der Waals surface area (Å²) in [6.45, 7) is 5.63.